The summed E-state index contributed by atoms with van der Waals surface area (Å²) in [6, 6.07) is -0.456. The first kappa shape index (κ1) is 19.9. The van der Waals surface area contributed by atoms with Crippen LogP contribution in [0, 0.1) is 0 Å². The summed E-state index contributed by atoms with van der Waals surface area (Å²) in [6.07, 6.45) is -1.27. The summed E-state index contributed by atoms with van der Waals surface area (Å²) in [7, 11) is 1.78. The molecule has 0 amide bonds. The molecule has 26 heavy (non-hydrogen) atoms. The fourth-order valence-electron chi connectivity index (χ4n) is 3.24. The van der Waals surface area contributed by atoms with Gasteiger partial charge in [-0.3, -0.25) is 10.4 Å². The van der Waals surface area contributed by atoms with Gasteiger partial charge in [-0.1, -0.05) is 30.3 Å². The summed E-state index contributed by atoms with van der Waals surface area (Å²) >= 11 is 7.82. The van der Waals surface area contributed by atoms with E-state index in [1.165, 1.54) is 11.8 Å². The average molecular weight is 406 g/mol. The standard InChI is InChI=1S/C15H24ClN5O4S/c1-3-6-26-15-17-13(16)10-14(18-15)21(20(2)19-10)8-7-9(25-5-4-22)12(24)11(8)23/h8-9,11-12,19,22-24H,3-7H2,1-2H3/t8-,9+,11+,12-/m1/s1. The summed E-state index contributed by atoms with van der Waals surface area (Å²) in [5.74, 6) is 1.44. The van der Waals surface area contributed by atoms with Crippen LogP contribution in [0.1, 0.15) is 19.8 Å². The van der Waals surface area contributed by atoms with Gasteiger partial charge in [-0.2, -0.15) is 0 Å². The Bertz CT molecular complexity index is 642. The van der Waals surface area contributed by atoms with Crippen LogP contribution in [-0.4, -0.2) is 80.8 Å². The van der Waals surface area contributed by atoms with E-state index in [1.807, 2.05) is 0 Å². The van der Waals surface area contributed by atoms with Gasteiger partial charge in [-0.05, 0) is 6.42 Å². The third kappa shape index (κ3) is 3.72. The van der Waals surface area contributed by atoms with E-state index < -0.39 is 24.4 Å². The molecule has 0 aromatic carbocycles. The third-order valence-corrected chi connectivity index (χ3v) is 5.74. The molecule has 2 aliphatic rings. The number of hydrazine groups is 2. The molecular formula is C15H24ClN5O4S. The molecule has 0 bridgehead atoms. The monoisotopic (exact) mass is 405 g/mol. The molecule has 9 nitrogen and oxygen atoms in total. The summed E-state index contributed by atoms with van der Waals surface area (Å²) < 4.78 is 5.46. The van der Waals surface area contributed by atoms with Crippen molar-refractivity contribution in [1.82, 2.24) is 15.1 Å². The molecule has 0 spiro atoms. The first-order valence-electron chi connectivity index (χ1n) is 8.56. The lowest BCUT2D eigenvalue weighted by molar-refractivity contribution is -0.0620. The van der Waals surface area contributed by atoms with Gasteiger partial charge in [-0.15, -0.1) is 5.12 Å². The summed E-state index contributed by atoms with van der Waals surface area (Å²) in [5.41, 5.74) is 3.65. The smallest absolute Gasteiger partial charge is 0.191 e. The number of nitrogens with zero attached hydrogens (tertiary/aromatic N) is 4. The number of halogens is 1. The highest BCUT2D eigenvalue weighted by molar-refractivity contribution is 7.99. The fraction of sp³-hybridized carbons (Fsp3) is 0.733. The van der Waals surface area contributed by atoms with Gasteiger partial charge >= 0.3 is 0 Å². The lowest BCUT2D eigenvalue weighted by Gasteiger charge is -2.32. The van der Waals surface area contributed by atoms with Crippen LogP contribution in [0.3, 0.4) is 0 Å². The van der Waals surface area contributed by atoms with Crippen molar-refractivity contribution in [2.75, 3.05) is 36.4 Å². The van der Waals surface area contributed by atoms with Gasteiger partial charge in [0.1, 0.15) is 17.9 Å². The van der Waals surface area contributed by atoms with E-state index in [-0.39, 0.29) is 13.2 Å². The number of nitrogens with one attached hydrogen (secondary N) is 1. The Morgan fingerprint density at radius 2 is 2.12 bits per heavy atom. The van der Waals surface area contributed by atoms with Gasteiger partial charge in [-0.25, -0.2) is 9.97 Å². The van der Waals surface area contributed by atoms with E-state index in [0.29, 0.717) is 28.2 Å². The minimum atomic E-state index is -1.05. The molecule has 1 aromatic rings. The van der Waals surface area contributed by atoms with Crippen molar-refractivity contribution in [2.24, 2.45) is 0 Å². The molecule has 1 aromatic heterocycles. The van der Waals surface area contributed by atoms with Crippen LogP contribution in [-0.2, 0) is 4.74 Å². The molecule has 2 heterocycles. The van der Waals surface area contributed by atoms with Crippen LogP contribution in [0.2, 0.25) is 5.15 Å². The Labute approximate surface area is 161 Å². The number of hydrogen-bond acceptors (Lipinski definition) is 10. The molecule has 4 N–H and O–H groups in total. The Morgan fingerprint density at radius 3 is 2.81 bits per heavy atom. The highest BCUT2D eigenvalue weighted by Crippen LogP contribution is 2.42. The van der Waals surface area contributed by atoms with Crippen LogP contribution >= 0.6 is 23.4 Å². The van der Waals surface area contributed by atoms with Crippen LogP contribution in [0.15, 0.2) is 5.16 Å². The maximum absolute atomic E-state index is 10.5. The highest BCUT2D eigenvalue weighted by atomic mass is 35.5. The van der Waals surface area contributed by atoms with Crippen molar-refractivity contribution < 1.29 is 20.1 Å². The van der Waals surface area contributed by atoms with Crippen LogP contribution < -0.4 is 10.4 Å². The second kappa shape index (κ2) is 8.42. The molecular weight excluding hydrogens is 382 g/mol. The molecule has 1 saturated carbocycles. The van der Waals surface area contributed by atoms with E-state index in [2.05, 4.69) is 22.3 Å². The summed E-state index contributed by atoms with van der Waals surface area (Å²) in [4.78, 5) is 8.89. The van der Waals surface area contributed by atoms with Gasteiger partial charge in [0.2, 0.25) is 0 Å². The summed E-state index contributed by atoms with van der Waals surface area (Å²) in [6.45, 7) is 2.04. The van der Waals surface area contributed by atoms with Crippen LogP contribution in [0.5, 0.6) is 0 Å². The number of aromatic nitrogens is 2. The number of aliphatic hydroxyl groups is 3. The SMILES string of the molecule is CCCSc1nc(Cl)c2c(n1)N([C@@H]1C[C@H](OCCO)[C@@H](O)[C@H]1O)N(C)N2. The Morgan fingerprint density at radius 1 is 1.35 bits per heavy atom. The van der Waals surface area contributed by atoms with Gasteiger partial charge in [0, 0.05) is 19.2 Å². The average Bonchev–Trinajstić information content (AvgIpc) is 3.09. The predicted octanol–water partition coefficient (Wildman–Crippen LogP) is 0.497. The highest BCUT2D eigenvalue weighted by Gasteiger charge is 2.48. The van der Waals surface area contributed by atoms with Crippen molar-refractivity contribution in [3.8, 4) is 0 Å². The molecule has 3 rings (SSSR count). The van der Waals surface area contributed by atoms with Crippen molar-refractivity contribution in [2.45, 2.75) is 49.3 Å². The third-order valence-electron chi connectivity index (χ3n) is 4.41. The topological polar surface area (TPSA) is 114 Å². The predicted molar refractivity (Wildman–Crippen MR) is 99.2 cm³/mol. The molecule has 0 saturated heterocycles. The number of rotatable bonds is 7. The molecule has 11 heteroatoms. The number of thioether (sulfide) groups is 1. The largest absolute Gasteiger partial charge is 0.394 e. The zero-order valence-corrected chi connectivity index (χ0v) is 16.2. The van der Waals surface area contributed by atoms with Gasteiger partial charge < -0.3 is 20.1 Å². The normalized spacial score (nSPS) is 28.5. The maximum Gasteiger partial charge on any atom is 0.191 e. The minimum absolute atomic E-state index is 0.109. The first-order chi connectivity index (χ1) is 12.5. The first-order valence-corrected chi connectivity index (χ1v) is 9.92. The molecule has 1 aliphatic carbocycles. The molecule has 1 fully saturated rings. The Kier molecular flexibility index (Phi) is 6.44. The van der Waals surface area contributed by atoms with Crippen LogP contribution in [0.25, 0.3) is 0 Å². The minimum Gasteiger partial charge on any atom is -0.394 e. The zero-order valence-electron chi connectivity index (χ0n) is 14.7. The van der Waals surface area contributed by atoms with Crippen molar-refractivity contribution in [1.29, 1.82) is 0 Å². The van der Waals surface area contributed by atoms with Gasteiger partial charge in [0.15, 0.2) is 16.1 Å². The second-order valence-electron chi connectivity index (χ2n) is 6.24. The lowest BCUT2D eigenvalue weighted by Crippen LogP contribution is -2.50. The Balaban J connectivity index is 1.86. The van der Waals surface area contributed by atoms with Crippen molar-refractivity contribution in [3.63, 3.8) is 0 Å². The van der Waals surface area contributed by atoms with Gasteiger partial charge in [0.25, 0.3) is 0 Å². The van der Waals surface area contributed by atoms with E-state index in [1.54, 1.807) is 17.2 Å². The molecule has 146 valence electrons. The lowest BCUT2D eigenvalue weighted by atomic mass is 10.2. The van der Waals surface area contributed by atoms with E-state index in [9.17, 15) is 10.2 Å². The van der Waals surface area contributed by atoms with Gasteiger partial charge in [0.05, 0.1) is 25.4 Å². The maximum atomic E-state index is 10.5. The molecule has 4 atom stereocenters. The molecule has 0 unspecified atom stereocenters. The molecule has 0 radical (unpaired) electrons. The second-order valence-corrected chi connectivity index (χ2v) is 7.66. The fourth-order valence-corrected chi connectivity index (χ4v) is 4.19. The van der Waals surface area contributed by atoms with Crippen LogP contribution in [0.4, 0.5) is 11.5 Å². The quantitative estimate of drug-likeness (QED) is 0.290. The number of aliphatic hydroxyl groups excluding tert-OH is 3. The Hall–Kier alpha value is -0.880. The number of ether oxygens (including phenoxy) is 1. The van der Waals surface area contributed by atoms with E-state index >= 15 is 0 Å². The van der Waals surface area contributed by atoms with E-state index in [0.717, 1.165) is 12.2 Å². The van der Waals surface area contributed by atoms with E-state index in [4.69, 9.17) is 21.4 Å². The zero-order chi connectivity index (χ0) is 18.8. The van der Waals surface area contributed by atoms with Crippen molar-refractivity contribution >= 4 is 34.9 Å². The van der Waals surface area contributed by atoms with Crippen molar-refractivity contribution in [3.05, 3.63) is 5.15 Å². The number of hydrogen-bond donors (Lipinski definition) is 4. The summed E-state index contributed by atoms with van der Waals surface area (Å²) in [5, 5.41) is 34.1. The number of anilines is 2. The molecule has 1 aliphatic heterocycles. The number of fused-ring (bicyclic) bond motifs is 1.